The number of rotatable bonds is 8. The van der Waals surface area contributed by atoms with Crippen LogP contribution in [0.15, 0.2) is 12.4 Å². The smallest absolute Gasteiger partial charge is 0.111 e. The maximum Gasteiger partial charge on any atom is 0.111 e. The molecular weight excluding hydrogens is 226 g/mol. The van der Waals surface area contributed by atoms with Gasteiger partial charge in [0.25, 0.3) is 0 Å². The first kappa shape index (κ1) is 15.2. The molecule has 4 heteroatoms. The first-order chi connectivity index (χ1) is 8.52. The third kappa shape index (κ3) is 4.10. The van der Waals surface area contributed by atoms with E-state index < -0.39 is 0 Å². The van der Waals surface area contributed by atoms with E-state index in [4.69, 9.17) is 0 Å². The lowest BCUT2D eigenvalue weighted by molar-refractivity contribution is 0.164. The number of imidazole rings is 1. The molecule has 1 heterocycles. The van der Waals surface area contributed by atoms with Gasteiger partial charge in [-0.25, -0.2) is 4.98 Å². The number of aryl methyl sites for hydroxylation is 1. The maximum atomic E-state index is 9.43. The Labute approximate surface area is 110 Å². The van der Waals surface area contributed by atoms with Crippen molar-refractivity contribution in [2.45, 2.75) is 58.5 Å². The number of hydrogen-bond donors (Lipinski definition) is 2. The van der Waals surface area contributed by atoms with Gasteiger partial charge < -0.3 is 15.0 Å². The van der Waals surface area contributed by atoms with Gasteiger partial charge in [-0.1, -0.05) is 20.8 Å². The Morgan fingerprint density at radius 1 is 1.50 bits per heavy atom. The molecule has 0 radical (unpaired) electrons. The third-order valence-electron chi connectivity index (χ3n) is 3.34. The molecular formula is C14H27N3O. The zero-order valence-electron chi connectivity index (χ0n) is 12.1. The summed E-state index contributed by atoms with van der Waals surface area (Å²) in [6.45, 7) is 10.5. The number of aromatic nitrogens is 2. The Morgan fingerprint density at radius 3 is 2.78 bits per heavy atom. The molecule has 1 unspecified atom stereocenters. The number of nitrogens with zero attached hydrogens (tertiary/aromatic N) is 2. The van der Waals surface area contributed by atoms with Crippen molar-refractivity contribution in [2.24, 2.45) is 0 Å². The number of nitrogens with one attached hydrogen (secondary N) is 1. The summed E-state index contributed by atoms with van der Waals surface area (Å²) >= 11 is 0. The van der Waals surface area contributed by atoms with Crippen LogP contribution in [0.25, 0.3) is 0 Å². The van der Waals surface area contributed by atoms with Crippen molar-refractivity contribution in [1.82, 2.24) is 14.9 Å². The summed E-state index contributed by atoms with van der Waals surface area (Å²) in [6.07, 6.45) is 5.91. The summed E-state index contributed by atoms with van der Waals surface area (Å²) in [5.41, 5.74) is -0.159. The standard InChI is InChI=1S/C14H27N3O/c1-5-16-14(4,11-18)7-6-9-17-10-8-15-13(17)12(2)3/h8,10,12,16,18H,5-7,9,11H2,1-4H3. The highest BCUT2D eigenvalue weighted by atomic mass is 16.3. The van der Waals surface area contributed by atoms with Crippen LogP contribution in [-0.2, 0) is 6.54 Å². The largest absolute Gasteiger partial charge is 0.394 e. The van der Waals surface area contributed by atoms with Crippen LogP contribution in [0.2, 0.25) is 0 Å². The second kappa shape index (κ2) is 6.90. The normalized spacial score (nSPS) is 15.0. The first-order valence-corrected chi connectivity index (χ1v) is 6.89. The van der Waals surface area contributed by atoms with Crippen LogP contribution in [0.4, 0.5) is 0 Å². The second-order valence-electron chi connectivity index (χ2n) is 5.49. The molecule has 0 bridgehead atoms. The Hall–Kier alpha value is -0.870. The summed E-state index contributed by atoms with van der Waals surface area (Å²) in [5, 5.41) is 12.8. The zero-order valence-corrected chi connectivity index (χ0v) is 12.1. The molecule has 4 nitrogen and oxygen atoms in total. The number of hydrogen-bond acceptors (Lipinski definition) is 3. The first-order valence-electron chi connectivity index (χ1n) is 6.89. The monoisotopic (exact) mass is 253 g/mol. The lowest BCUT2D eigenvalue weighted by Gasteiger charge is -2.28. The Balaban J connectivity index is 2.48. The fraction of sp³-hybridized carbons (Fsp3) is 0.786. The third-order valence-corrected chi connectivity index (χ3v) is 3.34. The number of aliphatic hydroxyl groups is 1. The minimum atomic E-state index is -0.159. The molecule has 1 rings (SSSR count). The average molecular weight is 253 g/mol. The minimum Gasteiger partial charge on any atom is -0.394 e. The topological polar surface area (TPSA) is 50.1 Å². The fourth-order valence-corrected chi connectivity index (χ4v) is 2.30. The van der Waals surface area contributed by atoms with Crippen molar-refractivity contribution in [3.8, 4) is 0 Å². The summed E-state index contributed by atoms with van der Waals surface area (Å²) in [7, 11) is 0. The Kier molecular flexibility index (Phi) is 5.82. The van der Waals surface area contributed by atoms with Crippen LogP contribution in [0.1, 0.15) is 52.3 Å². The summed E-state index contributed by atoms with van der Waals surface area (Å²) in [5.74, 6) is 1.60. The zero-order chi connectivity index (χ0) is 13.6. The summed E-state index contributed by atoms with van der Waals surface area (Å²) in [6, 6.07) is 0. The molecule has 0 amide bonds. The molecule has 1 aromatic heterocycles. The highest BCUT2D eigenvalue weighted by Crippen LogP contribution is 2.16. The van der Waals surface area contributed by atoms with Gasteiger partial charge in [0.05, 0.1) is 6.61 Å². The molecule has 104 valence electrons. The van der Waals surface area contributed by atoms with Gasteiger partial charge in [-0.05, 0) is 26.3 Å². The summed E-state index contributed by atoms with van der Waals surface area (Å²) < 4.78 is 2.22. The molecule has 0 aliphatic carbocycles. The van der Waals surface area contributed by atoms with E-state index in [-0.39, 0.29) is 12.1 Å². The van der Waals surface area contributed by atoms with Crippen LogP contribution in [-0.4, -0.2) is 33.3 Å². The molecule has 1 atom stereocenters. The molecule has 0 spiro atoms. The van der Waals surface area contributed by atoms with E-state index in [2.05, 4.69) is 42.6 Å². The van der Waals surface area contributed by atoms with Gasteiger partial charge in [0, 0.05) is 30.4 Å². The number of likely N-dealkylation sites (N-methyl/N-ethyl adjacent to an activating group) is 1. The van der Waals surface area contributed by atoms with Gasteiger partial charge in [-0.3, -0.25) is 0 Å². The second-order valence-corrected chi connectivity index (χ2v) is 5.49. The van der Waals surface area contributed by atoms with E-state index in [1.54, 1.807) is 0 Å². The van der Waals surface area contributed by atoms with E-state index in [1.165, 1.54) is 0 Å². The SMILES string of the molecule is CCNC(C)(CO)CCCn1ccnc1C(C)C. The molecule has 0 aliphatic heterocycles. The minimum absolute atomic E-state index is 0.159. The van der Waals surface area contributed by atoms with Gasteiger partial charge >= 0.3 is 0 Å². The van der Waals surface area contributed by atoms with E-state index >= 15 is 0 Å². The molecule has 0 fully saturated rings. The fourth-order valence-electron chi connectivity index (χ4n) is 2.30. The average Bonchev–Trinajstić information content (AvgIpc) is 2.78. The Bertz CT molecular complexity index is 349. The van der Waals surface area contributed by atoms with E-state index in [9.17, 15) is 5.11 Å². The van der Waals surface area contributed by atoms with Crippen molar-refractivity contribution in [1.29, 1.82) is 0 Å². The van der Waals surface area contributed by atoms with Crippen molar-refractivity contribution < 1.29 is 5.11 Å². The lowest BCUT2D eigenvalue weighted by Crippen LogP contribution is -2.45. The predicted octanol–water partition coefficient (Wildman–Crippen LogP) is 2.15. The van der Waals surface area contributed by atoms with Crippen molar-refractivity contribution in [3.05, 3.63) is 18.2 Å². The Morgan fingerprint density at radius 2 is 2.22 bits per heavy atom. The van der Waals surface area contributed by atoms with E-state index in [1.807, 2.05) is 12.4 Å². The van der Waals surface area contributed by atoms with Gasteiger partial charge in [-0.15, -0.1) is 0 Å². The van der Waals surface area contributed by atoms with E-state index in [0.717, 1.165) is 31.8 Å². The molecule has 18 heavy (non-hydrogen) atoms. The molecule has 0 aromatic carbocycles. The van der Waals surface area contributed by atoms with Crippen LogP contribution < -0.4 is 5.32 Å². The van der Waals surface area contributed by atoms with Crippen molar-refractivity contribution in [3.63, 3.8) is 0 Å². The van der Waals surface area contributed by atoms with Gasteiger partial charge in [0.15, 0.2) is 0 Å². The van der Waals surface area contributed by atoms with Crippen LogP contribution >= 0.6 is 0 Å². The van der Waals surface area contributed by atoms with Gasteiger partial charge in [0.2, 0.25) is 0 Å². The molecule has 2 N–H and O–H groups in total. The molecule has 0 saturated carbocycles. The van der Waals surface area contributed by atoms with Crippen molar-refractivity contribution in [2.75, 3.05) is 13.2 Å². The number of aliphatic hydroxyl groups excluding tert-OH is 1. The lowest BCUT2D eigenvalue weighted by atomic mass is 9.97. The quantitative estimate of drug-likeness (QED) is 0.746. The highest BCUT2D eigenvalue weighted by Gasteiger charge is 2.21. The van der Waals surface area contributed by atoms with Crippen LogP contribution in [0.3, 0.4) is 0 Å². The molecule has 0 aliphatic rings. The molecule has 1 aromatic rings. The molecule has 0 saturated heterocycles. The summed E-state index contributed by atoms with van der Waals surface area (Å²) in [4.78, 5) is 4.39. The highest BCUT2D eigenvalue weighted by molar-refractivity contribution is 4.97. The van der Waals surface area contributed by atoms with Crippen LogP contribution in [0.5, 0.6) is 0 Å². The van der Waals surface area contributed by atoms with Gasteiger partial charge in [-0.2, -0.15) is 0 Å². The van der Waals surface area contributed by atoms with E-state index in [0.29, 0.717) is 5.92 Å². The van der Waals surface area contributed by atoms with Crippen molar-refractivity contribution >= 4 is 0 Å². The predicted molar refractivity (Wildman–Crippen MR) is 74.7 cm³/mol. The maximum absolute atomic E-state index is 9.43. The van der Waals surface area contributed by atoms with Crippen LogP contribution in [0, 0.1) is 0 Å². The van der Waals surface area contributed by atoms with Gasteiger partial charge in [0.1, 0.15) is 5.82 Å².